The van der Waals surface area contributed by atoms with E-state index >= 15 is 0 Å². The Bertz CT molecular complexity index is 400. The third-order valence-electron chi connectivity index (χ3n) is 1.70. The minimum absolute atomic E-state index is 0.117. The van der Waals surface area contributed by atoms with Crippen molar-refractivity contribution in [3.05, 3.63) is 31.9 Å². The van der Waals surface area contributed by atoms with E-state index in [-0.39, 0.29) is 10.0 Å². The lowest BCUT2D eigenvalue weighted by molar-refractivity contribution is -0.391. The van der Waals surface area contributed by atoms with Gasteiger partial charge in [0.2, 0.25) is 0 Å². The van der Waals surface area contributed by atoms with Crippen molar-refractivity contribution in [3.63, 3.8) is 0 Å². The zero-order valence-corrected chi connectivity index (χ0v) is 8.74. The SMILES string of the molecule is O=[N+]([O-])c1ncc(Br)c(CO)c1C(F)F. The summed E-state index contributed by atoms with van der Waals surface area (Å²) >= 11 is 2.88. The smallest absolute Gasteiger partial charge is 0.372 e. The maximum absolute atomic E-state index is 12.5. The fourth-order valence-electron chi connectivity index (χ4n) is 1.06. The summed E-state index contributed by atoms with van der Waals surface area (Å²) in [4.78, 5) is 12.7. The van der Waals surface area contributed by atoms with Crippen molar-refractivity contribution in [1.29, 1.82) is 0 Å². The number of nitro groups is 1. The summed E-state index contributed by atoms with van der Waals surface area (Å²) in [5.41, 5.74) is -1.07. The van der Waals surface area contributed by atoms with Crippen LogP contribution in [0.25, 0.3) is 0 Å². The van der Waals surface area contributed by atoms with E-state index in [1.807, 2.05) is 0 Å². The van der Waals surface area contributed by atoms with Crippen LogP contribution in [0.2, 0.25) is 0 Å². The van der Waals surface area contributed by atoms with E-state index in [1.54, 1.807) is 0 Å². The van der Waals surface area contributed by atoms with Crippen LogP contribution < -0.4 is 0 Å². The molecule has 1 aromatic rings. The van der Waals surface area contributed by atoms with Gasteiger partial charge in [0.25, 0.3) is 6.43 Å². The monoisotopic (exact) mass is 282 g/mol. The zero-order valence-electron chi connectivity index (χ0n) is 7.15. The van der Waals surface area contributed by atoms with Gasteiger partial charge in [-0.25, -0.2) is 8.78 Å². The molecule has 0 unspecified atom stereocenters. The van der Waals surface area contributed by atoms with E-state index in [9.17, 15) is 18.9 Å². The second-order valence-electron chi connectivity index (χ2n) is 2.54. The largest absolute Gasteiger partial charge is 0.392 e. The highest BCUT2D eigenvalue weighted by molar-refractivity contribution is 9.10. The molecule has 0 fully saturated rings. The molecule has 0 saturated heterocycles. The first-order valence-electron chi connectivity index (χ1n) is 3.69. The van der Waals surface area contributed by atoms with Crippen molar-refractivity contribution in [2.75, 3.05) is 0 Å². The molecule has 5 nitrogen and oxygen atoms in total. The molecule has 0 atom stereocenters. The number of alkyl halides is 2. The van der Waals surface area contributed by atoms with E-state index in [0.717, 1.165) is 6.20 Å². The fraction of sp³-hybridized carbons (Fsp3) is 0.286. The standard InChI is InChI=1S/C7H5BrF2N2O3/c8-4-1-11-7(12(14)15)5(6(9)10)3(4)2-13/h1,6,13H,2H2. The average Bonchev–Trinajstić information content (AvgIpc) is 2.16. The maximum atomic E-state index is 12.5. The molecule has 8 heteroatoms. The van der Waals surface area contributed by atoms with Gasteiger partial charge in [-0.15, -0.1) is 0 Å². The lowest BCUT2D eigenvalue weighted by Gasteiger charge is -2.07. The van der Waals surface area contributed by atoms with Crippen LogP contribution in [0.5, 0.6) is 0 Å². The molecule has 1 N–H and O–H groups in total. The van der Waals surface area contributed by atoms with Gasteiger partial charge in [0.1, 0.15) is 5.56 Å². The van der Waals surface area contributed by atoms with Crippen LogP contribution >= 0.6 is 15.9 Å². The molecule has 0 aliphatic rings. The van der Waals surface area contributed by atoms with Gasteiger partial charge < -0.3 is 15.2 Å². The molecule has 1 rings (SSSR count). The fourth-order valence-corrected chi connectivity index (χ4v) is 1.51. The highest BCUT2D eigenvalue weighted by Crippen LogP contribution is 2.34. The van der Waals surface area contributed by atoms with Crippen LogP contribution in [0, 0.1) is 10.1 Å². The molecule has 1 aromatic heterocycles. The Kier molecular flexibility index (Phi) is 3.64. The Morgan fingerprint density at radius 1 is 1.67 bits per heavy atom. The number of rotatable bonds is 3. The molecule has 0 saturated carbocycles. The molecule has 15 heavy (non-hydrogen) atoms. The van der Waals surface area contributed by atoms with E-state index in [1.165, 1.54) is 0 Å². The van der Waals surface area contributed by atoms with E-state index < -0.39 is 29.3 Å². The van der Waals surface area contributed by atoms with Crippen molar-refractivity contribution in [1.82, 2.24) is 4.98 Å². The number of aliphatic hydroxyl groups is 1. The summed E-state index contributed by atoms with van der Waals surface area (Å²) < 4.78 is 25.2. The molecular formula is C7H5BrF2N2O3. The minimum Gasteiger partial charge on any atom is -0.392 e. The Morgan fingerprint density at radius 2 is 2.27 bits per heavy atom. The molecule has 0 spiro atoms. The van der Waals surface area contributed by atoms with Crippen molar-refractivity contribution < 1.29 is 18.8 Å². The van der Waals surface area contributed by atoms with Gasteiger partial charge in [-0.2, -0.15) is 0 Å². The summed E-state index contributed by atoms with van der Waals surface area (Å²) in [6.07, 6.45) is -2.05. The van der Waals surface area contributed by atoms with E-state index in [0.29, 0.717) is 0 Å². The number of halogens is 3. The average molecular weight is 283 g/mol. The first kappa shape index (κ1) is 11.9. The van der Waals surface area contributed by atoms with Gasteiger partial charge in [0, 0.05) is 5.56 Å². The summed E-state index contributed by atoms with van der Waals surface area (Å²) in [6, 6.07) is 0. The maximum Gasteiger partial charge on any atom is 0.372 e. The second kappa shape index (κ2) is 4.58. The Hall–Kier alpha value is -1.15. The number of hydrogen-bond donors (Lipinski definition) is 1. The summed E-state index contributed by atoms with van der Waals surface area (Å²) in [7, 11) is 0. The molecule has 0 aliphatic carbocycles. The van der Waals surface area contributed by atoms with Crippen molar-refractivity contribution in [3.8, 4) is 0 Å². The highest BCUT2D eigenvalue weighted by atomic mass is 79.9. The molecule has 0 aliphatic heterocycles. The van der Waals surface area contributed by atoms with Crippen LogP contribution in [0.15, 0.2) is 10.7 Å². The van der Waals surface area contributed by atoms with Gasteiger partial charge in [-0.3, -0.25) is 0 Å². The first-order chi connectivity index (χ1) is 6.99. The first-order valence-corrected chi connectivity index (χ1v) is 4.49. The lowest BCUT2D eigenvalue weighted by atomic mass is 10.1. The van der Waals surface area contributed by atoms with Crippen molar-refractivity contribution in [2.45, 2.75) is 13.0 Å². The third kappa shape index (κ3) is 2.26. The number of pyridine rings is 1. The molecule has 0 radical (unpaired) electrons. The van der Waals surface area contributed by atoms with E-state index in [4.69, 9.17) is 5.11 Å². The van der Waals surface area contributed by atoms with Crippen LogP contribution in [0.4, 0.5) is 14.6 Å². The molecule has 0 amide bonds. The number of aromatic nitrogens is 1. The lowest BCUT2D eigenvalue weighted by Crippen LogP contribution is -2.04. The molecular weight excluding hydrogens is 278 g/mol. The van der Waals surface area contributed by atoms with Gasteiger partial charge in [0.05, 0.1) is 11.1 Å². The van der Waals surface area contributed by atoms with Crippen molar-refractivity contribution in [2.24, 2.45) is 0 Å². The predicted octanol–water partition coefficient (Wildman–Crippen LogP) is 2.18. The van der Waals surface area contributed by atoms with Gasteiger partial charge in [0.15, 0.2) is 6.20 Å². The summed E-state index contributed by atoms with van der Waals surface area (Å²) in [6.45, 7) is -0.719. The zero-order chi connectivity index (χ0) is 11.6. The summed E-state index contributed by atoms with van der Waals surface area (Å²) in [5, 5.41) is 19.3. The van der Waals surface area contributed by atoms with E-state index in [2.05, 4.69) is 20.9 Å². The van der Waals surface area contributed by atoms with Gasteiger partial charge in [-0.1, -0.05) is 0 Å². The van der Waals surface area contributed by atoms with Crippen LogP contribution in [0.3, 0.4) is 0 Å². The highest BCUT2D eigenvalue weighted by Gasteiger charge is 2.28. The van der Waals surface area contributed by atoms with Crippen molar-refractivity contribution >= 4 is 21.7 Å². The van der Waals surface area contributed by atoms with Crippen LogP contribution in [-0.2, 0) is 6.61 Å². The second-order valence-corrected chi connectivity index (χ2v) is 3.39. The predicted molar refractivity (Wildman–Crippen MR) is 49.5 cm³/mol. The Balaban J connectivity index is 3.49. The quantitative estimate of drug-likeness (QED) is 0.681. The van der Waals surface area contributed by atoms with Crippen LogP contribution in [0.1, 0.15) is 17.6 Å². The van der Waals surface area contributed by atoms with Gasteiger partial charge in [-0.05, 0) is 25.8 Å². The number of aliphatic hydroxyl groups excluding tert-OH is 1. The molecule has 1 heterocycles. The third-order valence-corrected chi connectivity index (χ3v) is 2.39. The number of nitrogens with zero attached hydrogens (tertiary/aromatic N) is 2. The molecule has 0 aromatic carbocycles. The summed E-state index contributed by atoms with van der Waals surface area (Å²) in [5.74, 6) is -0.933. The topological polar surface area (TPSA) is 76.3 Å². The molecule has 0 bridgehead atoms. The number of hydrogen-bond acceptors (Lipinski definition) is 4. The Labute approximate surface area is 91.0 Å². The van der Waals surface area contributed by atoms with Crippen LogP contribution in [-0.4, -0.2) is 15.0 Å². The Morgan fingerprint density at radius 3 is 2.67 bits per heavy atom. The molecule has 82 valence electrons. The normalized spacial score (nSPS) is 10.7. The minimum atomic E-state index is -3.06. The van der Waals surface area contributed by atoms with Gasteiger partial charge >= 0.3 is 5.82 Å².